The molecule has 1 aromatic carbocycles. The average molecular weight is 203 g/mol. The molecule has 1 aliphatic carbocycles. The van der Waals surface area contributed by atoms with E-state index in [2.05, 4.69) is 30.6 Å². The second kappa shape index (κ2) is 3.32. The molecule has 0 unspecified atom stereocenters. The van der Waals surface area contributed by atoms with Crippen molar-refractivity contribution < 1.29 is 4.74 Å². The summed E-state index contributed by atoms with van der Waals surface area (Å²) in [6, 6.07) is 6.87. The molecule has 1 heterocycles. The highest BCUT2D eigenvalue weighted by Gasteiger charge is 2.42. The van der Waals surface area contributed by atoms with Crippen LogP contribution in [0.5, 0.6) is 0 Å². The van der Waals surface area contributed by atoms with E-state index >= 15 is 0 Å². The van der Waals surface area contributed by atoms with Crippen LogP contribution in [-0.4, -0.2) is 13.7 Å². The summed E-state index contributed by atoms with van der Waals surface area (Å²) in [4.78, 5) is 0. The standard InChI is InChI=1S/C13H17NO/c1-14-13(5-6-13)12-3-2-11-9-15-7-4-10(11)8-12/h2-3,8,14H,4-7,9H2,1H3. The third-order valence-electron chi connectivity index (χ3n) is 3.76. The number of hydrogen-bond acceptors (Lipinski definition) is 2. The van der Waals surface area contributed by atoms with E-state index in [0.717, 1.165) is 19.6 Å². The molecule has 1 aliphatic heterocycles. The van der Waals surface area contributed by atoms with Gasteiger partial charge in [0, 0.05) is 5.54 Å². The highest BCUT2D eigenvalue weighted by molar-refractivity contribution is 5.39. The fourth-order valence-electron chi connectivity index (χ4n) is 2.47. The highest BCUT2D eigenvalue weighted by Crippen LogP contribution is 2.45. The second-order valence-electron chi connectivity index (χ2n) is 4.62. The van der Waals surface area contributed by atoms with Gasteiger partial charge in [0.25, 0.3) is 0 Å². The van der Waals surface area contributed by atoms with E-state index in [-0.39, 0.29) is 0 Å². The van der Waals surface area contributed by atoms with Gasteiger partial charge in [0.15, 0.2) is 0 Å². The van der Waals surface area contributed by atoms with Gasteiger partial charge in [-0.3, -0.25) is 0 Å². The van der Waals surface area contributed by atoms with E-state index in [9.17, 15) is 0 Å². The van der Waals surface area contributed by atoms with Gasteiger partial charge in [0.2, 0.25) is 0 Å². The van der Waals surface area contributed by atoms with Crippen LogP contribution in [0.1, 0.15) is 29.5 Å². The van der Waals surface area contributed by atoms with Crippen LogP contribution >= 0.6 is 0 Å². The summed E-state index contributed by atoms with van der Waals surface area (Å²) in [7, 11) is 2.07. The molecule has 1 N–H and O–H groups in total. The minimum Gasteiger partial charge on any atom is -0.376 e. The normalized spacial score (nSPS) is 22.2. The predicted octanol–water partition coefficient (Wildman–Crippen LogP) is 1.97. The van der Waals surface area contributed by atoms with Gasteiger partial charge in [-0.25, -0.2) is 0 Å². The number of rotatable bonds is 2. The zero-order valence-corrected chi connectivity index (χ0v) is 9.18. The number of hydrogen-bond donors (Lipinski definition) is 1. The fraction of sp³-hybridized carbons (Fsp3) is 0.538. The van der Waals surface area contributed by atoms with Crippen LogP contribution in [0.4, 0.5) is 0 Å². The second-order valence-corrected chi connectivity index (χ2v) is 4.62. The Morgan fingerprint density at radius 1 is 1.27 bits per heavy atom. The van der Waals surface area contributed by atoms with E-state index in [1.165, 1.54) is 29.5 Å². The summed E-state index contributed by atoms with van der Waals surface area (Å²) in [5.41, 5.74) is 4.62. The Kier molecular flexibility index (Phi) is 2.08. The Hall–Kier alpha value is -0.860. The first-order valence-corrected chi connectivity index (χ1v) is 5.73. The Balaban J connectivity index is 1.97. The molecule has 1 fully saturated rings. The van der Waals surface area contributed by atoms with Crippen LogP contribution in [0.2, 0.25) is 0 Å². The third-order valence-corrected chi connectivity index (χ3v) is 3.76. The molecule has 15 heavy (non-hydrogen) atoms. The van der Waals surface area contributed by atoms with Gasteiger partial charge in [0.1, 0.15) is 0 Å². The van der Waals surface area contributed by atoms with Crippen LogP contribution in [0.25, 0.3) is 0 Å². The first-order chi connectivity index (χ1) is 7.34. The van der Waals surface area contributed by atoms with Crippen LogP contribution in [0.15, 0.2) is 18.2 Å². The van der Waals surface area contributed by atoms with E-state index in [1.807, 2.05) is 0 Å². The Morgan fingerprint density at radius 2 is 2.13 bits per heavy atom. The molecule has 0 aromatic heterocycles. The highest BCUT2D eigenvalue weighted by atomic mass is 16.5. The van der Waals surface area contributed by atoms with Gasteiger partial charge in [0.05, 0.1) is 13.2 Å². The van der Waals surface area contributed by atoms with Gasteiger partial charge in [-0.05, 0) is 43.0 Å². The number of benzene rings is 1. The molecule has 2 nitrogen and oxygen atoms in total. The van der Waals surface area contributed by atoms with Crippen molar-refractivity contribution in [3.8, 4) is 0 Å². The lowest BCUT2D eigenvalue weighted by Crippen LogP contribution is -2.25. The molecule has 80 valence electrons. The zero-order chi connectivity index (χ0) is 10.3. The maximum atomic E-state index is 5.45. The number of fused-ring (bicyclic) bond motifs is 1. The monoisotopic (exact) mass is 203 g/mol. The van der Waals surface area contributed by atoms with Crippen LogP contribution in [0.3, 0.4) is 0 Å². The summed E-state index contributed by atoms with van der Waals surface area (Å²) in [5, 5.41) is 3.44. The number of ether oxygens (including phenoxy) is 1. The van der Waals surface area contributed by atoms with E-state index in [4.69, 9.17) is 4.74 Å². The molecule has 0 bridgehead atoms. The van der Waals surface area contributed by atoms with Gasteiger partial charge in [-0.15, -0.1) is 0 Å². The quantitative estimate of drug-likeness (QED) is 0.793. The SMILES string of the molecule is CNC1(c2ccc3c(c2)CCOC3)CC1. The first-order valence-electron chi connectivity index (χ1n) is 5.73. The lowest BCUT2D eigenvalue weighted by molar-refractivity contribution is 0.110. The summed E-state index contributed by atoms with van der Waals surface area (Å²) in [6.07, 6.45) is 3.63. The maximum absolute atomic E-state index is 5.45. The molecular weight excluding hydrogens is 186 g/mol. The maximum Gasteiger partial charge on any atom is 0.0719 e. The van der Waals surface area contributed by atoms with Crippen molar-refractivity contribution in [2.75, 3.05) is 13.7 Å². The van der Waals surface area contributed by atoms with Crippen molar-refractivity contribution in [2.45, 2.75) is 31.4 Å². The molecule has 0 spiro atoms. The zero-order valence-electron chi connectivity index (χ0n) is 9.18. The molecule has 0 atom stereocenters. The lowest BCUT2D eigenvalue weighted by Gasteiger charge is -2.21. The molecular formula is C13H17NO. The minimum atomic E-state index is 0.299. The van der Waals surface area contributed by atoms with Crippen molar-refractivity contribution in [2.24, 2.45) is 0 Å². The van der Waals surface area contributed by atoms with E-state index in [1.54, 1.807) is 0 Å². The minimum absolute atomic E-state index is 0.299. The molecule has 0 amide bonds. The Labute approximate surface area is 90.6 Å². The Morgan fingerprint density at radius 3 is 2.87 bits per heavy atom. The van der Waals surface area contributed by atoms with Crippen LogP contribution in [0, 0.1) is 0 Å². The van der Waals surface area contributed by atoms with Crippen LogP contribution in [-0.2, 0) is 23.3 Å². The number of nitrogens with one attached hydrogen (secondary N) is 1. The van der Waals surface area contributed by atoms with Gasteiger partial charge < -0.3 is 10.1 Å². The van der Waals surface area contributed by atoms with Crippen molar-refractivity contribution >= 4 is 0 Å². The van der Waals surface area contributed by atoms with E-state index < -0.39 is 0 Å². The molecule has 0 saturated heterocycles. The van der Waals surface area contributed by atoms with Crippen molar-refractivity contribution in [3.05, 3.63) is 34.9 Å². The van der Waals surface area contributed by atoms with Crippen molar-refractivity contribution in [1.29, 1.82) is 0 Å². The summed E-state index contributed by atoms with van der Waals surface area (Å²) in [5.74, 6) is 0. The Bertz CT molecular complexity index is 382. The van der Waals surface area contributed by atoms with Crippen molar-refractivity contribution in [3.63, 3.8) is 0 Å². The largest absolute Gasteiger partial charge is 0.376 e. The topological polar surface area (TPSA) is 21.3 Å². The average Bonchev–Trinajstić information content (AvgIpc) is 3.09. The summed E-state index contributed by atoms with van der Waals surface area (Å²) in [6.45, 7) is 1.67. The molecule has 2 heteroatoms. The molecule has 2 aliphatic rings. The molecule has 0 radical (unpaired) electrons. The summed E-state index contributed by atoms with van der Waals surface area (Å²) >= 11 is 0. The lowest BCUT2D eigenvalue weighted by atomic mass is 9.96. The molecule has 3 rings (SSSR count). The van der Waals surface area contributed by atoms with E-state index in [0.29, 0.717) is 5.54 Å². The smallest absolute Gasteiger partial charge is 0.0719 e. The molecule has 1 saturated carbocycles. The van der Waals surface area contributed by atoms with Gasteiger partial charge in [-0.1, -0.05) is 18.2 Å². The van der Waals surface area contributed by atoms with Gasteiger partial charge in [-0.2, -0.15) is 0 Å². The predicted molar refractivity (Wildman–Crippen MR) is 59.8 cm³/mol. The first kappa shape index (κ1) is 9.37. The van der Waals surface area contributed by atoms with Crippen molar-refractivity contribution in [1.82, 2.24) is 5.32 Å². The third kappa shape index (κ3) is 1.48. The fourth-order valence-corrected chi connectivity index (χ4v) is 2.47. The molecule has 1 aromatic rings. The van der Waals surface area contributed by atoms with Crippen LogP contribution < -0.4 is 5.32 Å². The van der Waals surface area contributed by atoms with Gasteiger partial charge >= 0.3 is 0 Å². The summed E-state index contributed by atoms with van der Waals surface area (Å²) < 4.78 is 5.45.